The van der Waals surface area contributed by atoms with Gasteiger partial charge >= 0.3 is 0 Å². The number of nitrogens with zero attached hydrogens (tertiary/aromatic N) is 2. The van der Waals surface area contributed by atoms with Crippen LogP contribution in [-0.4, -0.2) is 4.57 Å². The monoisotopic (exact) mass is 804 g/mol. The summed E-state index contributed by atoms with van der Waals surface area (Å²) in [5.41, 5.74) is 19.2. The first-order chi connectivity index (χ1) is 29.4. The molecule has 12 rings (SSSR count). The van der Waals surface area contributed by atoms with Crippen LogP contribution >= 0.6 is 11.3 Å². The third-order valence-electron chi connectivity index (χ3n) is 14.0. The second-order valence-corrected chi connectivity index (χ2v) is 20.4. The standard InChI is InChI=1S/C58H48N2S/c1-56(2,3)52-50-42-21-8-13-23-44(42)57(4,5)53(50)55(54-51(52)43-22-9-14-24-45(43)58(54,6)7)59(37-32-33-41-40-20-12-17-27-48(40)61-49(41)34-37)35-28-30-36(31-29-35)60-46-25-15-10-18-38(46)39-19-11-16-26-47(39)60/h8-34H,1-7H3. The minimum absolute atomic E-state index is 0.126. The van der Waals surface area contributed by atoms with Gasteiger partial charge in [0.2, 0.25) is 0 Å². The van der Waals surface area contributed by atoms with Crippen molar-refractivity contribution in [2.24, 2.45) is 0 Å². The second kappa shape index (κ2) is 12.6. The van der Waals surface area contributed by atoms with Gasteiger partial charge in [-0.3, -0.25) is 0 Å². The first-order valence-electron chi connectivity index (χ1n) is 21.7. The van der Waals surface area contributed by atoms with Crippen molar-refractivity contribution in [1.82, 2.24) is 4.57 Å². The maximum absolute atomic E-state index is 2.64. The van der Waals surface area contributed by atoms with Crippen LogP contribution in [0.3, 0.4) is 0 Å². The van der Waals surface area contributed by atoms with E-state index in [9.17, 15) is 0 Å². The van der Waals surface area contributed by atoms with Gasteiger partial charge in [-0.05, 0) is 110 Å². The van der Waals surface area contributed by atoms with Gasteiger partial charge in [0.05, 0.1) is 16.7 Å². The number of thiophene rings is 1. The number of para-hydroxylation sites is 2. The zero-order chi connectivity index (χ0) is 41.6. The molecule has 2 aliphatic rings. The van der Waals surface area contributed by atoms with Crippen molar-refractivity contribution in [2.45, 2.75) is 64.7 Å². The zero-order valence-corrected chi connectivity index (χ0v) is 36.7. The molecule has 0 atom stereocenters. The van der Waals surface area contributed by atoms with E-state index in [1.807, 2.05) is 11.3 Å². The second-order valence-electron chi connectivity index (χ2n) is 19.3. The molecule has 0 radical (unpaired) electrons. The van der Waals surface area contributed by atoms with Crippen molar-refractivity contribution in [3.8, 4) is 27.9 Å². The Balaban J connectivity index is 1.21. The zero-order valence-electron chi connectivity index (χ0n) is 35.9. The van der Waals surface area contributed by atoms with Crippen molar-refractivity contribution in [3.05, 3.63) is 192 Å². The molecule has 0 N–H and O–H groups in total. The van der Waals surface area contributed by atoms with E-state index in [1.165, 1.54) is 103 Å². The van der Waals surface area contributed by atoms with Crippen LogP contribution in [0.15, 0.2) is 164 Å². The number of anilines is 3. The summed E-state index contributed by atoms with van der Waals surface area (Å²) in [5, 5.41) is 5.17. The Morgan fingerprint density at radius 3 is 1.52 bits per heavy atom. The normalized spacial score (nSPS) is 14.7. The van der Waals surface area contributed by atoms with Gasteiger partial charge in [-0.1, -0.05) is 158 Å². The van der Waals surface area contributed by atoms with Crippen LogP contribution in [0.1, 0.15) is 76.3 Å². The van der Waals surface area contributed by atoms with E-state index in [0.29, 0.717) is 0 Å². The average Bonchev–Trinajstić information content (AvgIpc) is 3.94. The highest BCUT2D eigenvalue weighted by atomic mass is 32.1. The molecule has 0 aliphatic heterocycles. The molecule has 2 aliphatic carbocycles. The summed E-state index contributed by atoms with van der Waals surface area (Å²) in [6, 6.07) is 61.5. The Morgan fingerprint density at radius 2 is 0.951 bits per heavy atom. The molecule has 0 amide bonds. The molecule has 61 heavy (non-hydrogen) atoms. The largest absolute Gasteiger partial charge is 0.310 e. The smallest absolute Gasteiger partial charge is 0.0556 e. The number of benzene rings is 8. The number of aromatic nitrogens is 1. The maximum atomic E-state index is 2.64. The Hall–Kier alpha value is -6.42. The third kappa shape index (κ3) is 4.96. The highest BCUT2D eigenvalue weighted by Crippen LogP contribution is 2.65. The van der Waals surface area contributed by atoms with E-state index in [0.717, 1.165) is 11.4 Å². The van der Waals surface area contributed by atoms with Crippen LogP contribution in [0.4, 0.5) is 17.1 Å². The molecule has 0 saturated carbocycles. The molecule has 2 nitrogen and oxygen atoms in total. The molecule has 0 fully saturated rings. The fourth-order valence-electron chi connectivity index (χ4n) is 11.4. The third-order valence-corrected chi connectivity index (χ3v) is 15.1. The SMILES string of the molecule is CC(C)(C)c1c2c(c(N(c3ccc(-n4c5ccccc5c5ccccc54)cc3)c3ccc4c(c3)sc3ccccc34)c3c1-c1ccccc1C3(C)C)C(C)(C)c1ccccc1-2. The van der Waals surface area contributed by atoms with Crippen molar-refractivity contribution in [1.29, 1.82) is 0 Å². The van der Waals surface area contributed by atoms with Crippen molar-refractivity contribution in [3.63, 3.8) is 0 Å². The molecular formula is C58H48N2S. The van der Waals surface area contributed by atoms with E-state index in [4.69, 9.17) is 0 Å². The van der Waals surface area contributed by atoms with Crippen LogP contribution in [0, 0.1) is 0 Å². The fraction of sp³-hybridized carbons (Fsp3) is 0.172. The Kier molecular flexibility index (Phi) is 7.50. The number of fused-ring (bicyclic) bond motifs is 12. The van der Waals surface area contributed by atoms with Crippen molar-refractivity contribution in [2.75, 3.05) is 4.90 Å². The van der Waals surface area contributed by atoms with Crippen molar-refractivity contribution >= 4 is 70.4 Å². The van der Waals surface area contributed by atoms with Gasteiger partial charge in [-0.25, -0.2) is 0 Å². The molecule has 10 aromatic rings. The number of hydrogen-bond donors (Lipinski definition) is 0. The molecule has 0 spiro atoms. The molecule has 0 unspecified atom stereocenters. The molecule has 0 saturated heterocycles. The van der Waals surface area contributed by atoms with Crippen LogP contribution in [0.2, 0.25) is 0 Å². The minimum atomic E-state index is -0.274. The Labute approximate surface area is 362 Å². The summed E-state index contributed by atoms with van der Waals surface area (Å²) in [6.07, 6.45) is 0. The highest BCUT2D eigenvalue weighted by Gasteiger charge is 2.50. The van der Waals surface area contributed by atoms with Gasteiger partial charge in [0.25, 0.3) is 0 Å². The van der Waals surface area contributed by atoms with E-state index in [1.54, 1.807) is 0 Å². The Bertz CT molecular complexity index is 3320. The average molecular weight is 805 g/mol. The van der Waals surface area contributed by atoms with Gasteiger partial charge in [-0.2, -0.15) is 0 Å². The maximum Gasteiger partial charge on any atom is 0.0556 e. The summed E-state index contributed by atoms with van der Waals surface area (Å²) >= 11 is 1.89. The van der Waals surface area contributed by atoms with Crippen LogP contribution < -0.4 is 4.90 Å². The summed E-state index contributed by atoms with van der Waals surface area (Å²) in [7, 11) is 0. The lowest BCUT2D eigenvalue weighted by atomic mass is 9.71. The lowest BCUT2D eigenvalue weighted by molar-refractivity contribution is 0.587. The summed E-state index contributed by atoms with van der Waals surface area (Å²) in [6.45, 7) is 17.1. The first kappa shape index (κ1) is 36.4. The quantitative estimate of drug-likeness (QED) is 0.172. The molecule has 3 heteroatoms. The van der Waals surface area contributed by atoms with Gasteiger partial charge < -0.3 is 9.47 Å². The molecule has 0 bridgehead atoms. The predicted octanol–water partition coefficient (Wildman–Crippen LogP) is 16.5. The van der Waals surface area contributed by atoms with E-state index in [-0.39, 0.29) is 16.2 Å². The lowest BCUT2D eigenvalue weighted by Gasteiger charge is -2.39. The minimum Gasteiger partial charge on any atom is -0.310 e. The van der Waals surface area contributed by atoms with Crippen molar-refractivity contribution < 1.29 is 0 Å². The van der Waals surface area contributed by atoms with Gasteiger partial charge in [0.1, 0.15) is 0 Å². The van der Waals surface area contributed by atoms with Crippen LogP contribution in [-0.2, 0) is 16.2 Å². The molecule has 2 aromatic heterocycles. The van der Waals surface area contributed by atoms with E-state index < -0.39 is 0 Å². The molecular weight excluding hydrogens is 757 g/mol. The topological polar surface area (TPSA) is 8.17 Å². The van der Waals surface area contributed by atoms with E-state index >= 15 is 0 Å². The lowest BCUT2D eigenvalue weighted by Crippen LogP contribution is -2.27. The number of rotatable bonds is 4. The van der Waals surface area contributed by atoms with Crippen LogP contribution in [0.25, 0.3) is 69.9 Å². The molecule has 8 aromatic carbocycles. The van der Waals surface area contributed by atoms with Gasteiger partial charge in [0.15, 0.2) is 0 Å². The molecule has 2 heterocycles. The summed E-state index contributed by atoms with van der Waals surface area (Å²) in [4.78, 5) is 2.64. The Morgan fingerprint density at radius 1 is 0.475 bits per heavy atom. The van der Waals surface area contributed by atoms with Gasteiger partial charge in [-0.15, -0.1) is 11.3 Å². The first-order valence-corrected chi connectivity index (χ1v) is 22.5. The summed E-state index contributed by atoms with van der Waals surface area (Å²) < 4.78 is 5.05. The molecule has 296 valence electrons. The summed E-state index contributed by atoms with van der Waals surface area (Å²) in [5.74, 6) is 0. The predicted molar refractivity (Wildman–Crippen MR) is 262 cm³/mol. The van der Waals surface area contributed by atoms with Gasteiger partial charge in [0, 0.05) is 58.8 Å². The van der Waals surface area contributed by atoms with E-state index in [2.05, 4.69) is 222 Å². The fourth-order valence-corrected chi connectivity index (χ4v) is 12.6. The number of hydrogen-bond acceptors (Lipinski definition) is 2. The van der Waals surface area contributed by atoms with Crippen LogP contribution in [0.5, 0.6) is 0 Å². The highest BCUT2D eigenvalue weighted by molar-refractivity contribution is 7.25.